The highest BCUT2D eigenvalue weighted by Gasteiger charge is 2.42. The maximum atomic E-state index is 12.7. The fraction of sp³-hybridized carbons (Fsp3) is 0.526. The van der Waals surface area contributed by atoms with Gasteiger partial charge in [0.2, 0.25) is 11.8 Å². The number of carbonyl (C=O) groups excluding carboxylic acids is 3. The minimum Gasteiger partial charge on any atom is -0.356 e. The van der Waals surface area contributed by atoms with Gasteiger partial charge in [-0.05, 0) is 32.3 Å². The third-order valence-corrected chi connectivity index (χ3v) is 4.58. The van der Waals surface area contributed by atoms with Crippen molar-refractivity contribution >= 4 is 17.7 Å². The van der Waals surface area contributed by atoms with Crippen molar-refractivity contribution in [3.8, 4) is 0 Å². The van der Waals surface area contributed by atoms with E-state index >= 15 is 0 Å². The maximum absolute atomic E-state index is 12.7. The van der Waals surface area contributed by atoms with Crippen molar-refractivity contribution < 1.29 is 19.1 Å². The molecule has 0 aromatic heterocycles. The molecule has 1 saturated heterocycles. The van der Waals surface area contributed by atoms with Crippen LogP contribution in [0.5, 0.6) is 0 Å². The molecule has 1 aliphatic carbocycles. The molecule has 1 saturated carbocycles. The van der Waals surface area contributed by atoms with Gasteiger partial charge in [-0.25, -0.2) is 0 Å². The van der Waals surface area contributed by atoms with Gasteiger partial charge < -0.3 is 20.3 Å². The van der Waals surface area contributed by atoms with Crippen molar-refractivity contribution in [2.75, 3.05) is 13.2 Å². The number of hydrogen-bond donors (Lipinski definition) is 2. The second-order valence-corrected chi connectivity index (χ2v) is 7.04. The van der Waals surface area contributed by atoms with Crippen LogP contribution in [0.25, 0.3) is 0 Å². The fourth-order valence-corrected chi connectivity index (χ4v) is 3.22. The van der Waals surface area contributed by atoms with E-state index in [1.54, 1.807) is 4.90 Å². The number of nitrogens with zero attached hydrogens (tertiary/aromatic N) is 1. The van der Waals surface area contributed by atoms with E-state index in [0.717, 1.165) is 18.4 Å². The van der Waals surface area contributed by atoms with E-state index in [-0.39, 0.29) is 43.0 Å². The Labute approximate surface area is 153 Å². The molecule has 0 unspecified atom stereocenters. The molecule has 1 aromatic carbocycles. The number of rotatable bonds is 6. The van der Waals surface area contributed by atoms with E-state index in [0.29, 0.717) is 0 Å². The van der Waals surface area contributed by atoms with Crippen molar-refractivity contribution in [2.24, 2.45) is 0 Å². The van der Waals surface area contributed by atoms with E-state index in [1.807, 2.05) is 44.2 Å². The van der Waals surface area contributed by atoms with Gasteiger partial charge in [-0.15, -0.1) is 0 Å². The van der Waals surface area contributed by atoms with Crippen molar-refractivity contribution in [3.05, 3.63) is 35.9 Å². The first kappa shape index (κ1) is 18.4. The van der Waals surface area contributed by atoms with Gasteiger partial charge in [0.15, 0.2) is 6.10 Å². The van der Waals surface area contributed by atoms with Crippen molar-refractivity contribution in [1.29, 1.82) is 0 Å². The molecule has 2 fully saturated rings. The minimum atomic E-state index is -0.855. The van der Waals surface area contributed by atoms with Crippen molar-refractivity contribution in [2.45, 2.75) is 50.9 Å². The Balaban J connectivity index is 1.75. The number of morpholine rings is 1. The molecule has 2 atom stereocenters. The molecular formula is C19H25N3O4. The molecule has 3 amide bonds. The van der Waals surface area contributed by atoms with Gasteiger partial charge in [0.05, 0.1) is 12.6 Å². The molecule has 3 rings (SSSR count). The summed E-state index contributed by atoms with van der Waals surface area (Å²) in [5, 5.41) is 5.48. The first-order chi connectivity index (χ1) is 12.5. The van der Waals surface area contributed by atoms with E-state index in [1.165, 1.54) is 0 Å². The second-order valence-electron chi connectivity index (χ2n) is 7.04. The lowest BCUT2D eigenvalue weighted by Crippen LogP contribution is -2.57. The van der Waals surface area contributed by atoms with Crippen LogP contribution in [-0.4, -0.2) is 54.0 Å². The van der Waals surface area contributed by atoms with Crippen LogP contribution in [0.1, 0.15) is 38.3 Å². The highest BCUT2D eigenvalue weighted by molar-refractivity contribution is 5.89. The molecule has 140 valence electrons. The van der Waals surface area contributed by atoms with E-state index < -0.39 is 12.1 Å². The summed E-state index contributed by atoms with van der Waals surface area (Å²) < 4.78 is 5.59. The third-order valence-electron chi connectivity index (χ3n) is 4.58. The van der Waals surface area contributed by atoms with Crippen molar-refractivity contribution in [1.82, 2.24) is 15.5 Å². The maximum Gasteiger partial charge on any atom is 0.252 e. The van der Waals surface area contributed by atoms with Gasteiger partial charge in [-0.3, -0.25) is 14.4 Å². The van der Waals surface area contributed by atoms with Gasteiger partial charge in [0.25, 0.3) is 5.91 Å². The predicted octanol–water partition coefficient (Wildman–Crippen LogP) is 0.758. The largest absolute Gasteiger partial charge is 0.356 e. The zero-order valence-corrected chi connectivity index (χ0v) is 15.1. The molecule has 2 aliphatic rings. The summed E-state index contributed by atoms with van der Waals surface area (Å²) in [4.78, 5) is 38.6. The number of ether oxygens (including phenoxy) is 1. The van der Waals surface area contributed by atoms with Crippen LogP contribution >= 0.6 is 0 Å². The molecule has 26 heavy (non-hydrogen) atoms. The van der Waals surface area contributed by atoms with Crippen LogP contribution in [0.3, 0.4) is 0 Å². The first-order valence-corrected chi connectivity index (χ1v) is 9.02. The third kappa shape index (κ3) is 4.22. The molecule has 1 aliphatic heterocycles. The van der Waals surface area contributed by atoms with Crippen molar-refractivity contribution in [3.63, 3.8) is 0 Å². The van der Waals surface area contributed by atoms with Gasteiger partial charge >= 0.3 is 0 Å². The monoisotopic (exact) mass is 359 g/mol. The lowest BCUT2D eigenvalue weighted by atomic mass is 9.96. The summed E-state index contributed by atoms with van der Waals surface area (Å²) in [5.74, 6) is -0.739. The predicted molar refractivity (Wildman–Crippen MR) is 95.1 cm³/mol. The van der Waals surface area contributed by atoms with Crippen LogP contribution in [-0.2, 0) is 19.1 Å². The SMILES string of the molecule is CC(C)N1C(=O)CO[C@H](C(=O)NCC(=O)NC2CC2)[C@H]1c1ccccc1. The van der Waals surface area contributed by atoms with Crippen LogP contribution in [0.4, 0.5) is 0 Å². The molecule has 7 heteroatoms. The summed E-state index contributed by atoms with van der Waals surface area (Å²) in [6, 6.07) is 9.01. The summed E-state index contributed by atoms with van der Waals surface area (Å²) in [6.45, 7) is 3.59. The number of nitrogens with one attached hydrogen (secondary N) is 2. The standard InChI is InChI=1S/C19H25N3O4/c1-12(2)22-16(24)11-26-18(17(22)13-6-4-3-5-7-13)19(25)20-10-15(23)21-14-8-9-14/h3-7,12,14,17-18H,8-11H2,1-2H3,(H,20,25)(H,21,23)/t17-,18+/m1/s1. The highest BCUT2D eigenvalue weighted by Crippen LogP contribution is 2.32. The Morgan fingerprint density at radius 3 is 2.54 bits per heavy atom. The molecular weight excluding hydrogens is 334 g/mol. The van der Waals surface area contributed by atoms with E-state index in [9.17, 15) is 14.4 Å². The van der Waals surface area contributed by atoms with E-state index in [4.69, 9.17) is 4.74 Å². The number of carbonyl (C=O) groups is 3. The Bertz CT molecular complexity index is 673. The quantitative estimate of drug-likeness (QED) is 0.785. The van der Waals surface area contributed by atoms with Crippen LogP contribution in [0.2, 0.25) is 0 Å². The van der Waals surface area contributed by atoms with Gasteiger partial charge in [-0.2, -0.15) is 0 Å². The molecule has 0 bridgehead atoms. The lowest BCUT2D eigenvalue weighted by molar-refractivity contribution is -0.167. The summed E-state index contributed by atoms with van der Waals surface area (Å²) in [6.07, 6.45) is 1.13. The average molecular weight is 359 g/mol. The Morgan fingerprint density at radius 2 is 1.92 bits per heavy atom. The Kier molecular flexibility index (Phi) is 5.56. The van der Waals surface area contributed by atoms with Gasteiger partial charge in [0, 0.05) is 12.1 Å². The zero-order valence-electron chi connectivity index (χ0n) is 15.1. The highest BCUT2D eigenvalue weighted by atomic mass is 16.5. The fourth-order valence-electron chi connectivity index (χ4n) is 3.22. The topological polar surface area (TPSA) is 87.7 Å². The van der Waals surface area contributed by atoms with Crippen LogP contribution < -0.4 is 10.6 Å². The first-order valence-electron chi connectivity index (χ1n) is 9.02. The molecule has 0 spiro atoms. The second kappa shape index (κ2) is 7.86. The molecule has 7 nitrogen and oxygen atoms in total. The summed E-state index contributed by atoms with van der Waals surface area (Å²) in [5.41, 5.74) is 0.830. The summed E-state index contributed by atoms with van der Waals surface area (Å²) in [7, 11) is 0. The summed E-state index contributed by atoms with van der Waals surface area (Å²) >= 11 is 0. The van der Waals surface area contributed by atoms with Gasteiger partial charge in [0.1, 0.15) is 6.61 Å². The average Bonchev–Trinajstić information content (AvgIpc) is 3.43. The molecule has 1 heterocycles. The van der Waals surface area contributed by atoms with Crippen LogP contribution in [0.15, 0.2) is 30.3 Å². The molecule has 1 aromatic rings. The van der Waals surface area contributed by atoms with Crippen LogP contribution in [0, 0.1) is 0 Å². The smallest absolute Gasteiger partial charge is 0.252 e. The lowest BCUT2D eigenvalue weighted by Gasteiger charge is -2.42. The minimum absolute atomic E-state index is 0.0786. The number of benzene rings is 1. The molecule has 0 radical (unpaired) electrons. The van der Waals surface area contributed by atoms with E-state index in [2.05, 4.69) is 10.6 Å². The Morgan fingerprint density at radius 1 is 1.23 bits per heavy atom. The Hall–Kier alpha value is -2.41. The zero-order chi connectivity index (χ0) is 18.7. The number of hydrogen-bond acceptors (Lipinski definition) is 4. The normalized spacial score (nSPS) is 23.0. The number of amides is 3. The molecule has 2 N–H and O–H groups in total. The van der Waals surface area contributed by atoms with Gasteiger partial charge in [-0.1, -0.05) is 30.3 Å².